The van der Waals surface area contributed by atoms with Gasteiger partial charge in [0.1, 0.15) is 17.4 Å². The number of phenolic OH excluding ortho intramolecular Hbond substituents is 1. The first kappa shape index (κ1) is 19.1. The molecular weight excluding hydrogens is 375 g/mol. The molecule has 0 saturated carbocycles. The van der Waals surface area contributed by atoms with Gasteiger partial charge in [0.25, 0.3) is 0 Å². The van der Waals surface area contributed by atoms with Crippen LogP contribution >= 0.6 is 0 Å². The van der Waals surface area contributed by atoms with Crippen LogP contribution in [0.25, 0.3) is 22.3 Å². The molecule has 0 radical (unpaired) electrons. The van der Waals surface area contributed by atoms with Crippen LogP contribution in [0.3, 0.4) is 0 Å². The van der Waals surface area contributed by atoms with Gasteiger partial charge in [-0.25, -0.2) is 14.4 Å². The Kier molecular flexibility index (Phi) is 5.26. The number of carbonyl (C=O) groups is 1. The summed E-state index contributed by atoms with van der Waals surface area (Å²) in [5, 5.41) is 17.5. The fourth-order valence-electron chi connectivity index (χ4n) is 3.50. The molecule has 150 valence electrons. The van der Waals surface area contributed by atoms with Crippen molar-refractivity contribution in [2.45, 2.75) is 13.0 Å². The molecule has 0 aliphatic carbocycles. The van der Waals surface area contributed by atoms with Crippen molar-refractivity contribution in [3.63, 3.8) is 0 Å². The zero-order chi connectivity index (χ0) is 20.4. The summed E-state index contributed by atoms with van der Waals surface area (Å²) in [5.41, 5.74) is 0.840. The maximum absolute atomic E-state index is 13.7. The number of para-hydroxylation sites is 1. The minimum atomic E-state index is -0.494. The maximum atomic E-state index is 13.7. The van der Waals surface area contributed by atoms with Crippen LogP contribution in [0, 0.1) is 11.7 Å². The van der Waals surface area contributed by atoms with E-state index in [9.17, 15) is 14.3 Å². The van der Waals surface area contributed by atoms with Crippen LogP contribution in [0.4, 0.5) is 10.2 Å². The number of hydrogen-bond donors (Lipinski definition) is 3. The Morgan fingerprint density at radius 2 is 2.10 bits per heavy atom. The third-order valence-corrected chi connectivity index (χ3v) is 4.93. The van der Waals surface area contributed by atoms with Gasteiger partial charge in [0, 0.05) is 18.5 Å². The Morgan fingerprint density at radius 1 is 1.28 bits per heavy atom. The quantitative estimate of drug-likeness (QED) is 0.571. The van der Waals surface area contributed by atoms with E-state index in [1.165, 1.54) is 18.2 Å². The van der Waals surface area contributed by atoms with E-state index in [2.05, 4.69) is 20.6 Å². The number of esters is 1. The van der Waals surface area contributed by atoms with Crippen molar-refractivity contribution >= 4 is 22.7 Å². The molecule has 2 heterocycles. The van der Waals surface area contributed by atoms with Crippen molar-refractivity contribution in [1.82, 2.24) is 15.3 Å². The van der Waals surface area contributed by atoms with E-state index in [0.717, 1.165) is 5.39 Å². The van der Waals surface area contributed by atoms with Gasteiger partial charge in [-0.15, -0.1) is 0 Å². The molecule has 0 unspecified atom stereocenters. The molecule has 0 amide bonds. The van der Waals surface area contributed by atoms with Crippen LogP contribution in [-0.4, -0.2) is 46.8 Å². The second-order valence-corrected chi connectivity index (χ2v) is 6.84. The SMILES string of the molecule is CCOC(=O)[C@@H]1CNC[C@@H]1Nc1nc(-c2cc(F)ccc2O)nc2ccccc12. The Morgan fingerprint density at radius 3 is 2.93 bits per heavy atom. The highest BCUT2D eigenvalue weighted by Gasteiger charge is 2.34. The van der Waals surface area contributed by atoms with Crippen molar-refractivity contribution in [3.8, 4) is 17.1 Å². The zero-order valence-corrected chi connectivity index (χ0v) is 15.9. The Balaban J connectivity index is 1.75. The van der Waals surface area contributed by atoms with Crippen molar-refractivity contribution in [2.75, 3.05) is 25.0 Å². The molecule has 0 bridgehead atoms. The lowest BCUT2D eigenvalue weighted by Gasteiger charge is -2.20. The molecule has 4 rings (SSSR count). The number of benzene rings is 2. The largest absolute Gasteiger partial charge is 0.507 e. The predicted molar refractivity (Wildman–Crippen MR) is 107 cm³/mol. The number of aromatic nitrogens is 2. The highest BCUT2D eigenvalue weighted by molar-refractivity contribution is 5.91. The van der Waals surface area contributed by atoms with E-state index in [0.29, 0.717) is 31.0 Å². The fraction of sp³-hybridized carbons (Fsp3) is 0.286. The third kappa shape index (κ3) is 3.84. The molecule has 2 aromatic carbocycles. The number of phenols is 1. The lowest BCUT2D eigenvalue weighted by molar-refractivity contribution is -0.147. The Bertz CT molecular complexity index is 1060. The summed E-state index contributed by atoms with van der Waals surface area (Å²) >= 11 is 0. The van der Waals surface area contributed by atoms with E-state index in [1.54, 1.807) is 6.92 Å². The Labute approximate surface area is 166 Å². The van der Waals surface area contributed by atoms with Gasteiger partial charge in [-0.3, -0.25) is 4.79 Å². The summed E-state index contributed by atoms with van der Waals surface area (Å²) in [6.07, 6.45) is 0. The van der Waals surface area contributed by atoms with E-state index < -0.39 is 5.82 Å². The first-order chi connectivity index (χ1) is 14.1. The van der Waals surface area contributed by atoms with Gasteiger partial charge in [-0.1, -0.05) is 12.1 Å². The fourth-order valence-corrected chi connectivity index (χ4v) is 3.50. The topological polar surface area (TPSA) is 96.4 Å². The summed E-state index contributed by atoms with van der Waals surface area (Å²) in [7, 11) is 0. The van der Waals surface area contributed by atoms with Crippen LogP contribution in [0.1, 0.15) is 6.92 Å². The van der Waals surface area contributed by atoms with Crippen LogP contribution in [0.15, 0.2) is 42.5 Å². The molecule has 1 fully saturated rings. The van der Waals surface area contributed by atoms with E-state index in [4.69, 9.17) is 4.74 Å². The number of carbonyl (C=O) groups excluding carboxylic acids is 1. The second kappa shape index (κ2) is 8.00. The van der Waals surface area contributed by atoms with Gasteiger partial charge in [0.15, 0.2) is 5.82 Å². The van der Waals surface area contributed by atoms with E-state index in [1.807, 2.05) is 24.3 Å². The molecule has 3 aromatic rings. The average Bonchev–Trinajstić information content (AvgIpc) is 3.18. The molecule has 1 aliphatic heterocycles. The number of aromatic hydroxyl groups is 1. The molecule has 3 N–H and O–H groups in total. The summed E-state index contributed by atoms with van der Waals surface area (Å²) in [4.78, 5) is 21.3. The van der Waals surface area contributed by atoms with Crippen LogP contribution in [0.2, 0.25) is 0 Å². The van der Waals surface area contributed by atoms with Gasteiger partial charge in [-0.2, -0.15) is 0 Å². The van der Waals surface area contributed by atoms with Crippen LogP contribution in [-0.2, 0) is 9.53 Å². The lowest BCUT2D eigenvalue weighted by Crippen LogP contribution is -2.35. The summed E-state index contributed by atoms with van der Waals surface area (Å²) in [6, 6.07) is 10.8. The molecule has 0 spiro atoms. The number of hydrogen-bond acceptors (Lipinski definition) is 7. The number of halogens is 1. The smallest absolute Gasteiger partial charge is 0.312 e. The van der Waals surface area contributed by atoms with Crippen molar-refractivity contribution < 1.29 is 19.0 Å². The zero-order valence-electron chi connectivity index (χ0n) is 15.9. The van der Waals surface area contributed by atoms with Crippen molar-refractivity contribution in [3.05, 3.63) is 48.3 Å². The first-order valence-corrected chi connectivity index (χ1v) is 9.46. The highest BCUT2D eigenvalue weighted by Crippen LogP contribution is 2.31. The summed E-state index contributed by atoms with van der Waals surface area (Å²) in [5.74, 6) is -0.517. The van der Waals surface area contributed by atoms with Gasteiger partial charge in [-0.05, 0) is 37.3 Å². The average molecular weight is 396 g/mol. The first-order valence-electron chi connectivity index (χ1n) is 9.46. The number of rotatable bonds is 5. The van der Waals surface area contributed by atoms with Gasteiger partial charge < -0.3 is 20.5 Å². The number of ether oxygens (including phenoxy) is 1. The highest BCUT2D eigenvalue weighted by atomic mass is 19.1. The van der Waals surface area contributed by atoms with Crippen molar-refractivity contribution in [1.29, 1.82) is 0 Å². The standard InChI is InChI=1S/C21H21FN4O3/c1-2-29-21(28)15-10-23-11-17(15)25-19-13-5-3-4-6-16(13)24-20(26-19)14-9-12(22)7-8-18(14)27/h3-9,15,17,23,27H,2,10-11H2,1H3,(H,24,25,26)/t15-,17+/m1/s1. The normalized spacial score (nSPS) is 18.7. The summed E-state index contributed by atoms with van der Waals surface area (Å²) in [6.45, 7) is 3.18. The molecule has 8 heteroatoms. The molecule has 7 nitrogen and oxygen atoms in total. The molecule has 1 aliphatic rings. The number of nitrogens with one attached hydrogen (secondary N) is 2. The molecule has 29 heavy (non-hydrogen) atoms. The molecule has 1 saturated heterocycles. The number of anilines is 1. The van der Waals surface area contributed by atoms with E-state index in [-0.39, 0.29) is 35.1 Å². The number of fused-ring (bicyclic) bond motifs is 1. The lowest BCUT2D eigenvalue weighted by atomic mass is 10.0. The Hall–Kier alpha value is -3.26. The molecule has 1 aromatic heterocycles. The predicted octanol–water partition coefficient (Wildman–Crippen LogP) is 2.70. The van der Waals surface area contributed by atoms with Gasteiger partial charge >= 0.3 is 5.97 Å². The maximum Gasteiger partial charge on any atom is 0.312 e. The third-order valence-electron chi connectivity index (χ3n) is 4.93. The monoisotopic (exact) mass is 396 g/mol. The summed E-state index contributed by atoms with van der Waals surface area (Å²) < 4.78 is 18.9. The van der Waals surface area contributed by atoms with Gasteiger partial charge in [0.2, 0.25) is 0 Å². The molecular formula is C21H21FN4O3. The van der Waals surface area contributed by atoms with Gasteiger partial charge in [0.05, 0.1) is 29.6 Å². The number of nitrogens with zero attached hydrogens (tertiary/aromatic N) is 2. The van der Waals surface area contributed by atoms with Crippen LogP contribution in [0.5, 0.6) is 5.75 Å². The van der Waals surface area contributed by atoms with E-state index >= 15 is 0 Å². The minimum Gasteiger partial charge on any atom is -0.507 e. The second-order valence-electron chi connectivity index (χ2n) is 6.84. The molecule has 2 atom stereocenters. The van der Waals surface area contributed by atoms with Crippen molar-refractivity contribution in [2.24, 2.45) is 5.92 Å². The van der Waals surface area contributed by atoms with Crippen LogP contribution < -0.4 is 10.6 Å². The minimum absolute atomic E-state index is 0.112.